The third-order valence-electron chi connectivity index (χ3n) is 2.58. The Morgan fingerprint density at radius 1 is 1.05 bits per heavy atom. The van der Waals surface area contributed by atoms with Crippen LogP contribution in [0.5, 0.6) is 0 Å². The van der Waals surface area contributed by atoms with Crippen molar-refractivity contribution in [1.29, 1.82) is 0 Å². The van der Waals surface area contributed by atoms with E-state index in [1.165, 1.54) is 12.1 Å². The molecule has 0 aromatic heterocycles. The lowest BCUT2D eigenvalue weighted by atomic mass is 10.1. The zero-order valence-electron chi connectivity index (χ0n) is 10.1. The van der Waals surface area contributed by atoms with Crippen LogP contribution in [-0.2, 0) is 11.2 Å². The average molecular weight is 316 g/mol. The van der Waals surface area contributed by atoms with Crippen molar-refractivity contribution in [3.63, 3.8) is 0 Å². The molecule has 104 valence electrons. The molecule has 20 heavy (non-hydrogen) atoms. The minimum absolute atomic E-state index is 0.0648. The average Bonchev–Trinajstić information content (AvgIpc) is 2.38. The Kier molecular flexibility index (Phi) is 4.57. The Labute approximate surface area is 124 Å². The third-order valence-corrected chi connectivity index (χ3v) is 3.31. The molecule has 0 radical (unpaired) electrons. The molecular formula is C14H9Cl2F2NO. The minimum Gasteiger partial charge on any atom is -0.321 e. The van der Waals surface area contributed by atoms with Crippen molar-refractivity contribution in [2.75, 3.05) is 5.32 Å². The number of hydrogen-bond acceptors (Lipinski definition) is 1. The molecule has 0 spiro atoms. The van der Waals surface area contributed by atoms with Gasteiger partial charge in [0.2, 0.25) is 5.91 Å². The van der Waals surface area contributed by atoms with Gasteiger partial charge in [-0.3, -0.25) is 4.79 Å². The van der Waals surface area contributed by atoms with Crippen LogP contribution < -0.4 is 5.32 Å². The molecule has 0 saturated carbocycles. The van der Waals surface area contributed by atoms with E-state index in [2.05, 4.69) is 5.32 Å². The van der Waals surface area contributed by atoms with Crippen LogP contribution in [-0.4, -0.2) is 5.91 Å². The zero-order valence-corrected chi connectivity index (χ0v) is 11.6. The van der Waals surface area contributed by atoms with Crippen LogP contribution in [0.3, 0.4) is 0 Å². The highest BCUT2D eigenvalue weighted by Crippen LogP contribution is 2.23. The van der Waals surface area contributed by atoms with E-state index in [1.807, 2.05) is 0 Å². The largest absolute Gasteiger partial charge is 0.321 e. The lowest BCUT2D eigenvalue weighted by molar-refractivity contribution is -0.115. The molecule has 2 aromatic rings. The first-order valence-electron chi connectivity index (χ1n) is 5.65. The van der Waals surface area contributed by atoms with Gasteiger partial charge in [-0.1, -0.05) is 35.3 Å². The normalized spacial score (nSPS) is 10.4. The van der Waals surface area contributed by atoms with E-state index in [0.717, 1.165) is 12.1 Å². The molecule has 0 heterocycles. The predicted octanol–water partition coefficient (Wildman–Crippen LogP) is 4.45. The fourth-order valence-electron chi connectivity index (χ4n) is 1.64. The molecule has 0 atom stereocenters. The molecule has 0 fully saturated rings. The summed E-state index contributed by atoms with van der Waals surface area (Å²) >= 11 is 11.6. The van der Waals surface area contributed by atoms with Gasteiger partial charge in [-0.05, 0) is 29.8 Å². The lowest BCUT2D eigenvalue weighted by Gasteiger charge is -2.08. The Hall–Kier alpha value is -1.65. The van der Waals surface area contributed by atoms with E-state index in [-0.39, 0.29) is 6.42 Å². The summed E-state index contributed by atoms with van der Waals surface area (Å²) in [6.45, 7) is 0. The predicted molar refractivity (Wildman–Crippen MR) is 75.2 cm³/mol. The van der Waals surface area contributed by atoms with E-state index < -0.39 is 23.2 Å². The molecule has 0 aliphatic rings. The maximum absolute atomic E-state index is 13.4. The van der Waals surface area contributed by atoms with Gasteiger partial charge in [0.15, 0.2) is 0 Å². The van der Waals surface area contributed by atoms with Crippen LogP contribution in [0.15, 0.2) is 36.4 Å². The summed E-state index contributed by atoms with van der Waals surface area (Å²) in [5.41, 5.74) is 0.131. The molecule has 2 nitrogen and oxygen atoms in total. The van der Waals surface area contributed by atoms with Crippen LogP contribution >= 0.6 is 23.2 Å². The van der Waals surface area contributed by atoms with E-state index in [4.69, 9.17) is 23.2 Å². The van der Waals surface area contributed by atoms with Crippen LogP contribution in [0.1, 0.15) is 5.56 Å². The quantitative estimate of drug-likeness (QED) is 0.890. The van der Waals surface area contributed by atoms with Gasteiger partial charge in [0.05, 0.1) is 16.5 Å². The highest BCUT2D eigenvalue weighted by Gasteiger charge is 2.12. The van der Waals surface area contributed by atoms with Crippen LogP contribution in [0.2, 0.25) is 10.0 Å². The summed E-state index contributed by atoms with van der Waals surface area (Å²) < 4.78 is 26.7. The second-order valence-electron chi connectivity index (χ2n) is 4.07. The van der Waals surface area contributed by atoms with E-state index in [0.29, 0.717) is 15.6 Å². The molecule has 0 unspecified atom stereocenters. The van der Waals surface area contributed by atoms with Crippen molar-refractivity contribution in [3.05, 3.63) is 63.6 Å². The first kappa shape index (κ1) is 14.8. The number of hydrogen-bond donors (Lipinski definition) is 1. The number of benzene rings is 2. The highest BCUT2D eigenvalue weighted by atomic mass is 35.5. The summed E-state index contributed by atoms with van der Waals surface area (Å²) in [5.74, 6) is -2.20. The second-order valence-corrected chi connectivity index (χ2v) is 4.88. The van der Waals surface area contributed by atoms with Crippen molar-refractivity contribution in [1.82, 2.24) is 0 Å². The summed E-state index contributed by atoms with van der Waals surface area (Å²) in [5, 5.41) is 2.88. The number of para-hydroxylation sites is 1. The smallest absolute Gasteiger partial charge is 0.228 e. The van der Waals surface area contributed by atoms with Crippen molar-refractivity contribution < 1.29 is 13.6 Å². The first-order valence-corrected chi connectivity index (χ1v) is 6.41. The van der Waals surface area contributed by atoms with E-state index in [1.54, 1.807) is 12.1 Å². The molecule has 2 aromatic carbocycles. The minimum atomic E-state index is -0.826. The maximum atomic E-state index is 13.4. The van der Waals surface area contributed by atoms with E-state index >= 15 is 0 Å². The van der Waals surface area contributed by atoms with Gasteiger partial charge in [-0.25, -0.2) is 8.78 Å². The first-order chi connectivity index (χ1) is 9.47. The molecule has 1 N–H and O–H groups in total. The summed E-state index contributed by atoms with van der Waals surface area (Å²) in [7, 11) is 0. The monoisotopic (exact) mass is 315 g/mol. The van der Waals surface area contributed by atoms with E-state index in [9.17, 15) is 13.6 Å². The number of halogens is 4. The zero-order chi connectivity index (χ0) is 14.7. The molecular weight excluding hydrogens is 307 g/mol. The Balaban J connectivity index is 2.11. The molecule has 0 aliphatic carbocycles. The third kappa shape index (κ3) is 3.46. The number of carbonyl (C=O) groups excluding carboxylic acids is 1. The van der Waals surface area contributed by atoms with Gasteiger partial charge < -0.3 is 5.32 Å². The number of anilines is 1. The topological polar surface area (TPSA) is 29.1 Å². The molecule has 6 heteroatoms. The molecule has 0 aliphatic heterocycles. The molecule has 2 rings (SSSR count). The number of carbonyl (C=O) groups is 1. The Morgan fingerprint density at radius 3 is 2.30 bits per heavy atom. The molecule has 0 saturated heterocycles. The Morgan fingerprint density at radius 2 is 1.70 bits per heavy atom. The van der Waals surface area contributed by atoms with Gasteiger partial charge in [0, 0.05) is 0 Å². The van der Waals surface area contributed by atoms with Gasteiger partial charge >= 0.3 is 0 Å². The number of rotatable bonds is 3. The fourth-order valence-corrected chi connectivity index (χ4v) is 1.96. The van der Waals surface area contributed by atoms with Gasteiger partial charge in [0.1, 0.15) is 17.3 Å². The summed E-state index contributed by atoms with van der Waals surface area (Å²) in [4.78, 5) is 11.8. The SMILES string of the molecule is O=C(Cc1ccc(Cl)c(Cl)c1)Nc1c(F)cccc1F. The number of amides is 1. The second kappa shape index (κ2) is 6.20. The molecule has 0 bridgehead atoms. The van der Waals surface area contributed by atoms with Gasteiger partial charge in [-0.15, -0.1) is 0 Å². The van der Waals surface area contributed by atoms with Crippen molar-refractivity contribution >= 4 is 34.8 Å². The van der Waals surface area contributed by atoms with Crippen molar-refractivity contribution in [3.8, 4) is 0 Å². The number of nitrogens with one attached hydrogen (secondary N) is 1. The standard InChI is InChI=1S/C14H9Cl2F2NO/c15-9-5-4-8(6-10(9)16)7-13(20)19-14-11(17)2-1-3-12(14)18/h1-6H,7H2,(H,19,20). The van der Waals surface area contributed by atoms with Gasteiger partial charge in [-0.2, -0.15) is 0 Å². The molecule has 1 amide bonds. The summed E-state index contributed by atoms with van der Waals surface area (Å²) in [6.07, 6.45) is -0.0648. The fraction of sp³-hybridized carbons (Fsp3) is 0.0714. The van der Waals surface area contributed by atoms with Crippen LogP contribution in [0, 0.1) is 11.6 Å². The van der Waals surface area contributed by atoms with Crippen LogP contribution in [0.25, 0.3) is 0 Å². The van der Waals surface area contributed by atoms with Crippen LogP contribution in [0.4, 0.5) is 14.5 Å². The van der Waals surface area contributed by atoms with Crippen molar-refractivity contribution in [2.24, 2.45) is 0 Å². The highest BCUT2D eigenvalue weighted by molar-refractivity contribution is 6.42. The lowest BCUT2D eigenvalue weighted by Crippen LogP contribution is -2.16. The maximum Gasteiger partial charge on any atom is 0.228 e. The summed E-state index contributed by atoms with van der Waals surface area (Å²) in [6, 6.07) is 8.05. The van der Waals surface area contributed by atoms with Crippen molar-refractivity contribution in [2.45, 2.75) is 6.42 Å². The van der Waals surface area contributed by atoms with Gasteiger partial charge in [0.25, 0.3) is 0 Å². The Bertz CT molecular complexity index is 641.